The molecular formula is C16H20ClNO3. The fraction of sp³-hybridized carbons (Fsp3) is 0.562. The lowest BCUT2D eigenvalue weighted by Crippen LogP contribution is -2.46. The Balaban J connectivity index is 1.52. The van der Waals surface area contributed by atoms with Crippen LogP contribution in [-0.4, -0.2) is 30.5 Å². The standard InChI is InChI=1S/C16H20ClNO3/c17-12-6-2-1-5-11(12)9-18-16(19)15-10-20-13-7-3-4-8-14(13)21-15/h3-4,7-8,11-12,15H,1-2,5-6,9-10H2,(H,18,19). The molecule has 3 atom stereocenters. The van der Waals surface area contributed by atoms with Gasteiger partial charge in [0.15, 0.2) is 11.5 Å². The average molecular weight is 310 g/mol. The highest BCUT2D eigenvalue weighted by Crippen LogP contribution is 2.31. The van der Waals surface area contributed by atoms with Gasteiger partial charge in [0, 0.05) is 11.9 Å². The van der Waals surface area contributed by atoms with Crippen molar-refractivity contribution in [2.75, 3.05) is 13.2 Å². The number of carbonyl (C=O) groups excluding carboxylic acids is 1. The van der Waals surface area contributed by atoms with Gasteiger partial charge in [0.05, 0.1) is 0 Å². The predicted molar refractivity (Wildman–Crippen MR) is 81.0 cm³/mol. The number of nitrogens with one attached hydrogen (secondary N) is 1. The Hall–Kier alpha value is -1.42. The largest absolute Gasteiger partial charge is 0.485 e. The van der Waals surface area contributed by atoms with Crippen LogP contribution in [0.25, 0.3) is 0 Å². The minimum atomic E-state index is -0.586. The van der Waals surface area contributed by atoms with Crippen molar-refractivity contribution in [3.05, 3.63) is 24.3 Å². The molecule has 0 saturated heterocycles. The smallest absolute Gasteiger partial charge is 0.264 e. The molecule has 0 aromatic heterocycles. The lowest BCUT2D eigenvalue weighted by molar-refractivity contribution is -0.130. The Morgan fingerprint density at radius 2 is 2.00 bits per heavy atom. The van der Waals surface area contributed by atoms with Gasteiger partial charge < -0.3 is 14.8 Å². The second-order valence-corrected chi connectivity index (χ2v) is 6.23. The van der Waals surface area contributed by atoms with Crippen LogP contribution in [0.2, 0.25) is 0 Å². The van der Waals surface area contributed by atoms with Crippen molar-refractivity contribution in [3.8, 4) is 11.5 Å². The summed E-state index contributed by atoms with van der Waals surface area (Å²) in [6, 6.07) is 7.39. The minimum absolute atomic E-state index is 0.126. The number of amides is 1. The van der Waals surface area contributed by atoms with Gasteiger partial charge in [0.2, 0.25) is 6.10 Å². The van der Waals surface area contributed by atoms with E-state index in [1.165, 1.54) is 12.8 Å². The van der Waals surface area contributed by atoms with Crippen molar-refractivity contribution in [1.82, 2.24) is 5.32 Å². The first-order chi connectivity index (χ1) is 10.2. The number of carbonyl (C=O) groups is 1. The molecule has 1 heterocycles. The molecule has 3 unspecified atom stereocenters. The van der Waals surface area contributed by atoms with Crippen LogP contribution in [0, 0.1) is 5.92 Å². The van der Waals surface area contributed by atoms with E-state index in [2.05, 4.69) is 5.32 Å². The Bertz CT molecular complexity index is 508. The molecule has 1 saturated carbocycles. The molecular weight excluding hydrogens is 290 g/mol. The number of fused-ring (bicyclic) bond motifs is 1. The number of rotatable bonds is 3. The van der Waals surface area contributed by atoms with E-state index in [0.717, 1.165) is 12.8 Å². The molecule has 1 aliphatic heterocycles. The third-order valence-corrected chi connectivity index (χ3v) is 4.73. The van der Waals surface area contributed by atoms with Gasteiger partial charge in [-0.05, 0) is 30.9 Å². The normalized spacial score (nSPS) is 28.0. The van der Waals surface area contributed by atoms with E-state index in [4.69, 9.17) is 21.1 Å². The van der Waals surface area contributed by atoms with E-state index >= 15 is 0 Å². The predicted octanol–water partition coefficient (Wildman–Crippen LogP) is 2.74. The zero-order valence-electron chi connectivity index (χ0n) is 11.9. The van der Waals surface area contributed by atoms with Crippen LogP contribution >= 0.6 is 11.6 Å². The number of halogens is 1. The van der Waals surface area contributed by atoms with Crippen molar-refractivity contribution >= 4 is 17.5 Å². The van der Waals surface area contributed by atoms with Crippen LogP contribution in [0.4, 0.5) is 0 Å². The summed E-state index contributed by atoms with van der Waals surface area (Å²) in [6.45, 7) is 0.867. The van der Waals surface area contributed by atoms with E-state index in [1.807, 2.05) is 24.3 Å². The van der Waals surface area contributed by atoms with E-state index in [-0.39, 0.29) is 17.9 Å². The van der Waals surface area contributed by atoms with Gasteiger partial charge in [-0.1, -0.05) is 25.0 Å². The number of para-hydroxylation sites is 2. The Morgan fingerprint density at radius 1 is 1.24 bits per heavy atom. The zero-order valence-corrected chi connectivity index (χ0v) is 12.6. The number of hydrogen-bond donors (Lipinski definition) is 1. The second kappa shape index (κ2) is 6.56. The molecule has 1 aromatic rings. The van der Waals surface area contributed by atoms with Crippen molar-refractivity contribution in [3.63, 3.8) is 0 Å². The fourth-order valence-electron chi connectivity index (χ4n) is 2.89. The molecule has 1 N–H and O–H groups in total. The molecule has 21 heavy (non-hydrogen) atoms. The minimum Gasteiger partial charge on any atom is -0.485 e. The average Bonchev–Trinajstić information content (AvgIpc) is 2.53. The SMILES string of the molecule is O=C(NCC1CCCCC1Cl)C1COc2ccccc2O1. The molecule has 3 rings (SSSR count). The van der Waals surface area contributed by atoms with Gasteiger partial charge in [-0.2, -0.15) is 0 Å². The van der Waals surface area contributed by atoms with E-state index in [1.54, 1.807) is 0 Å². The summed E-state index contributed by atoms with van der Waals surface area (Å²) in [5.41, 5.74) is 0. The summed E-state index contributed by atoms with van der Waals surface area (Å²) >= 11 is 6.31. The van der Waals surface area contributed by atoms with Crippen LogP contribution in [0.1, 0.15) is 25.7 Å². The van der Waals surface area contributed by atoms with Crippen molar-refractivity contribution < 1.29 is 14.3 Å². The van der Waals surface area contributed by atoms with Crippen molar-refractivity contribution in [2.45, 2.75) is 37.2 Å². The van der Waals surface area contributed by atoms with Gasteiger partial charge in [-0.25, -0.2) is 0 Å². The Morgan fingerprint density at radius 3 is 2.81 bits per heavy atom. The van der Waals surface area contributed by atoms with E-state index in [9.17, 15) is 4.79 Å². The molecule has 1 aliphatic carbocycles. The monoisotopic (exact) mass is 309 g/mol. The molecule has 1 amide bonds. The first kappa shape index (κ1) is 14.5. The molecule has 0 radical (unpaired) electrons. The zero-order chi connectivity index (χ0) is 14.7. The summed E-state index contributed by atoms with van der Waals surface area (Å²) < 4.78 is 11.2. The van der Waals surface area contributed by atoms with Gasteiger partial charge in [-0.15, -0.1) is 11.6 Å². The van der Waals surface area contributed by atoms with Gasteiger partial charge in [0.1, 0.15) is 6.61 Å². The summed E-state index contributed by atoms with van der Waals surface area (Å²) in [7, 11) is 0. The van der Waals surface area contributed by atoms with Crippen molar-refractivity contribution in [1.29, 1.82) is 0 Å². The van der Waals surface area contributed by atoms with Crippen LogP contribution in [-0.2, 0) is 4.79 Å². The molecule has 2 aliphatic rings. The first-order valence-corrected chi connectivity index (χ1v) is 7.98. The number of benzene rings is 1. The third kappa shape index (κ3) is 3.43. The molecule has 1 aromatic carbocycles. The molecule has 114 valence electrons. The van der Waals surface area contributed by atoms with Crippen LogP contribution in [0.3, 0.4) is 0 Å². The molecule has 4 nitrogen and oxygen atoms in total. The molecule has 5 heteroatoms. The van der Waals surface area contributed by atoms with Crippen LogP contribution in [0.15, 0.2) is 24.3 Å². The topological polar surface area (TPSA) is 47.6 Å². The van der Waals surface area contributed by atoms with Crippen molar-refractivity contribution in [2.24, 2.45) is 5.92 Å². The summed E-state index contributed by atoms with van der Waals surface area (Å²) in [5.74, 6) is 1.55. The summed E-state index contributed by atoms with van der Waals surface area (Å²) in [5, 5.41) is 3.12. The van der Waals surface area contributed by atoms with E-state index in [0.29, 0.717) is 24.0 Å². The summed E-state index contributed by atoms with van der Waals surface area (Å²) in [6.07, 6.45) is 3.92. The molecule has 0 bridgehead atoms. The van der Waals surface area contributed by atoms with Gasteiger partial charge in [-0.3, -0.25) is 4.79 Å². The number of hydrogen-bond acceptors (Lipinski definition) is 3. The lowest BCUT2D eigenvalue weighted by Gasteiger charge is -2.29. The Labute approximate surface area is 129 Å². The Kier molecular flexibility index (Phi) is 4.54. The summed E-state index contributed by atoms with van der Waals surface area (Å²) in [4.78, 5) is 12.2. The highest BCUT2D eigenvalue weighted by Gasteiger charge is 2.29. The maximum absolute atomic E-state index is 12.2. The maximum Gasteiger partial charge on any atom is 0.264 e. The van der Waals surface area contributed by atoms with Gasteiger partial charge in [0.25, 0.3) is 5.91 Å². The number of ether oxygens (including phenoxy) is 2. The highest BCUT2D eigenvalue weighted by atomic mass is 35.5. The van der Waals surface area contributed by atoms with Crippen LogP contribution < -0.4 is 14.8 Å². The molecule has 0 spiro atoms. The quantitative estimate of drug-likeness (QED) is 0.873. The lowest BCUT2D eigenvalue weighted by atomic mass is 9.88. The maximum atomic E-state index is 12.2. The fourth-order valence-corrected chi connectivity index (χ4v) is 3.26. The van der Waals surface area contributed by atoms with Gasteiger partial charge >= 0.3 is 0 Å². The second-order valence-electron chi connectivity index (χ2n) is 5.67. The first-order valence-electron chi connectivity index (χ1n) is 7.54. The van der Waals surface area contributed by atoms with Crippen LogP contribution in [0.5, 0.6) is 11.5 Å². The van der Waals surface area contributed by atoms with E-state index < -0.39 is 6.10 Å². The molecule has 1 fully saturated rings. The highest BCUT2D eigenvalue weighted by molar-refractivity contribution is 6.20. The third-order valence-electron chi connectivity index (χ3n) is 4.16. The number of alkyl halides is 1.